The number of piperidine rings is 1. The van der Waals surface area contributed by atoms with Crippen LogP contribution < -0.4 is 5.32 Å². The molecule has 1 fully saturated rings. The van der Waals surface area contributed by atoms with E-state index in [2.05, 4.69) is 48.9 Å². The largest absolute Gasteiger partial charge is 0.307 e. The number of rotatable bonds is 0. The lowest BCUT2D eigenvalue weighted by Gasteiger charge is -2.44. The molecule has 1 saturated heterocycles. The summed E-state index contributed by atoms with van der Waals surface area (Å²) in [6, 6.07) is 0. The number of hydrogen-bond donors (Lipinski definition) is 1. The van der Waals surface area contributed by atoms with Crippen LogP contribution in [0.1, 0.15) is 40.5 Å². The summed E-state index contributed by atoms with van der Waals surface area (Å²) in [5.41, 5.74) is 0.575. The summed E-state index contributed by atoms with van der Waals surface area (Å²) in [4.78, 5) is 0.675. The van der Waals surface area contributed by atoms with Crippen molar-refractivity contribution in [3.8, 4) is 0 Å². The molecule has 0 aromatic heterocycles. The van der Waals surface area contributed by atoms with Gasteiger partial charge in [0.1, 0.15) is 0 Å². The molecule has 11 heavy (non-hydrogen) atoms. The molecule has 0 aromatic carbocycles. The van der Waals surface area contributed by atoms with Gasteiger partial charge in [0, 0.05) is 15.9 Å². The van der Waals surface area contributed by atoms with E-state index in [0.29, 0.717) is 4.83 Å². The van der Waals surface area contributed by atoms with E-state index in [-0.39, 0.29) is 11.1 Å². The molecular formula is C9H18BrN. The highest BCUT2D eigenvalue weighted by Gasteiger charge is 2.36. The number of nitrogens with one attached hydrogen (secondary N) is 1. The van der Waals surface area contributed by atoms with E-state index >= 15 is 0 Å². The molecule has 1 rings (SSSR count). The molecule has 0 atom stereocenters. The van der Waals surface area contributed by atoms with Crippen molar-refractivity contribution in [1.82, 2.24) is 5.32 Å². The van der Waals surface area contributed by atoms with Gasteiger partial charge < -0.3 is 5.32 Å². The second kappa shape index (κ2) is 2.74. The van der Waals surface area contributed by atoms with Crippen LogP contribution >= 0.6 is 15.9 Å². The zero-order chi connectivity index (χ0) is 8.70. The van der Waals surface area contributed by atoms with Crippen LogP contribution in [0, 0.1) is 0 Å². The highest BCUT2D eigenvalue weighted by atomic mass is 79.9. The van der Waals surface area contributed by atoms with Crippen LogP contribution in [-0.4, -0.2) is 15.9 Å². The van der Waals surface area contributed by atoms with Crippen molar-refractivity contribution in [3.05, 3.63) is 0 Å². The fraction of sp³-hybridized carbons (Fsp3) is 1.00. The van der Waals surface area contributed by atoms with Crippen LogP contribution in [0.15, 0.2) is 0 Å². The minimum Gasteiger partial charge on any atom is -0.307 e. The Bertz CT molecular complexity index is 136. The highest BCUT2D eigenvalue weighted by Crippen LogP contribution is 2.32. The van der Waals surface area contributed by atoms with Crippen molar-refractivity contribution in [2.45, 2.75) is 56.4 Å². The molecule has 0 amide bonds. The van der Waals surface area contributed by atoms with E-state index in [0.717, 1.165) is 0 Å². The minimum atomic E-state index is 0.288. The molecule has 1 heterocycles. The third-order valence-electron chi connectivity index (χ3n) is 2.14. The summed E-state index contributed by atoms with van der Waals surface area (Å²) < 4.78 is 0. The first kappa shape index (κ1) is 9.53. The van der Waals surface area contributed by atoms with Crippen molar-refractivity contribution in [1.29, 1.82) is 0 Å². The van der Waals surface area contributed by atoms with Gasteiger partial charge in [0.25, 0.3) is 0 Å². The van der Waals surface area contributed by atoms with Gasteiger partial charge >= 0.3 is 0 Å². The molecule has 0 aliphatic carbocycles. The SMILES string of the molecule is CC1(C)CC(Br)CC(C)(C)N1. The molecule has 66 valence electrons. The Labute approximate surface area is 78.1 Å². The first-order chi connectivity index (χ1) is 4.81. The predicted octanol–water partition coefficient (Wildman–Crippen LogP) is 2.69. The van der Waals surface area contributed by atoms with E-state index in [9.17, 15) is 0 Å². The molecule has 0 spiro atoms. The maximum Gasteiger partial charge on any atom is 0.0180 e. The zero-order valence-electron chi connectivity index (χ0n) is 7.87. The molecular weight excluding hydrogens is 202 g/mol. The van der Waals surface area contributed by atoms with Crippen LogP contribution in [0.25, 0.3) is 0 Å². The quantitative estimate of drug-likeness (QED) is 0.619. The first-order valence-electron chi connectivity index (χ1n) is 4.24. The number of alkyl halides is 1. The van der Waals surface area contributed by atoms with E-state index in [1.807, 2.05) is 0 Å². The van der Waals surface area contributed by atoms with Crippen molar-refractivity contribution in [2.24, 2.45) is 0 Å². The van der Waals surface area contributed by atoms with Gasteiger partial charge in [-0.2, -0.15) is 0 Å². The number of halogens is 1. The monoisotopic (exact) mass is 219 g/mol. The zero-order valence-corrected chi connectivity index (χ0v) is 9.46. The molecule has 1 aliphatic heterocycles. The predicted molar refractivity (Wildman–Crippen MR) is 53.2 cm³/mol. The van der Waals surface area contributed by atoms with Gasteiger partial charge in [-0.1, -0.05) is 15.9 Å². The Kier molecular flexibility index (Phi) is 2.37. The highest BCUT2D eigenvalue weighted by molar-refractivity contribution is 9.09. The summed E-state index contributed by atoms with van der Waals surface area (Å²) in [5, 5.41) is 3.63. The molecule has 0 aromatic rings. The second-order valence-corrected chi connectivity index (χ2v) is 6.19. The Morgan fingerprint density at radius 1 is 1.09 bits per heavy atom. The molecule has 0 unspecified atom stereocenters. The average Bonchev–Trinajstić information content (AvgIpc) is 1.49. The minimum absolute atomic E-state index is 0.288. The van der Waals surface area contributed by atoms with Gasteiger partial charge in [0.05, 0.1) is 0 Å². The van der Waals surface area contributed by atoms with E-state index in [4.69, 9.17) is 0 Å². The molecule has 2 heteroatoms. The fourth-order valence-electron chi connectivity index (χ4n) is 2.20. The molecule has 0 radical (unpaired) electrons. The van der Waals surface area contributed by atoms with Crippen molar-refractivity contribution < 1.29 is 0 Å². The van der Waals surface area contributed by atoms with Crippen molar-refractivity contribution >= 4 is 15.9 Å². The summed E-state index contributed by atoms with van der Waals surface area (Å²) in [6.45, 7) is 9.06. The first-order valence-corrected chi connectivity index (χ1v) is 5.16. The van der Waals surface area contributed by atoms with Gasteiger partial charge in [-0.15, -0.1) is 0 Å². The normalized spacial score (nSPS) is 30.3. The lowest BCUT2D eigenvalue weighted by molar-refractivity contribution is 0.190. The van der Waals surface area contributed by atoms with Crippen LogP contribution in [0.4, 0.5) is 0 Å². The molecule has 1 N–H and O–H groups in total. The van der Waals surface area contributed by atoms with E-state index in [1.54, 1.807) is 0 Å². The van der Waals surface area contributed by atoms with Crippen molar-refractivity contribution in [2.75, 3.05) is 0 Å². The standard InChI is InChI=1S/C9H18BrN/c1-8(2)5-7(10)6-9(3,4)11-8/h7,11H,5-6H2,1-4H3. The van der Waals surface area contributed by atoms with Gasteiger partial charge in [-0.25, -0.2) is 0 Å². The lowest BCUT2D eigenvalue weighted by atomic mass is 9.83. The summed E-state index contributed by atoms with van der Waals surface area (Å²) >= 11 is 3.70. The van der Waals surface area contributed by atoms with Gasteiger partial charge in [-0.3, -0.25) is 0 Å². The molecule has 1 nitrogen and oxygen atoms in total. The smallest absolute Gasteiger partial charge is 0.0180 e. The third-order valence-corrected chi connectivity index (χ3v) is 2.79. The molecule has 0 saturated carbocycles. The Balaban J connectivity index is 2.66. The van der Waals surface area contributed by atoms with E-state index in [1.165, 1.54) is 12.8 Å². The molecule has 0 bridgehead atoms. The Morgan fingerprint density at radius 2 is 1.45 bits per heavy atom. The fourth-order valence-corrected chi connectivity index (χ4v) is 3.82. The summed E-state index contributed by atoms with van der Waals surface area (Å²) in [7, 11) is 0. The van der Waals surface area contributed by atoms with Crippen LogP contribution in [0.2, 0.25) is 0 Å². The van der Waals surface area contributed by atoms with E-state index < -0.39 is 0 Å². The Hall–Kier alpha value is 0.440. The van der Waals surface area contributed by atoms with Crippen LogP contribution in [-0.2, 0) is 0 Å². The Morgan fingerprint density at radius 3 is 1.73 bits per heavy atom. The van der Waals surface area contributed by atoms with Gasteiger partial charge in [0.2, 0.25) is 0 Å². The van der Waals surface area contributed by atoms with Gasteiger partial charge in [0.15, 0.2) is 0 Å². The maximum atomic E-state index is 3.70. The number of hydrogen-bond acceptors (Lipinski definition) is 1. The second-order valence-electron chi connectivity index (χ2n) is 4.90. The third kappa shape index (κ3) is 2.75. The van der Waals surface area contributed by atoms with Crippen LogP contribution in [0.5, 0.6) is 0 Å². The summed E-state index contributed by atoms with van der Waals surface area (Å²) in [6.07, 6.45) is 2.44. The van der Waals surface area contributed by atoms with Crippen LogP contribution in [0.3, 0.4) is 0 Å². The van der Waals surface area contributed by atoms with Crippen molar-refractivity contribution in [3.63, 3.8) is 0 Å². The summed E-state index contributed by atoms with van der Waals surface area (Å²) in [5.74, 6) is 0. The topological polar surface area (TPSA) is 12.0 Å². The van der Waals surface area contributed by atoms with Gasteiger partial charge in [-0.05, 0) is 40.5 Å². The maximum absolute atomic E-state index is 3.70. The molecule has 1 aliphatic rings. The average molecular weight is 220 g/mol. The lowest BCUT2D eigenvalue weighted by Crippen LogP contribution is -2.58.